The van der Waals surface area contributed by atoms with E-state index in [1.54, 1.807) is 32.1 Å². The van der Waals surface area contributed by atoms with Gasteiger partial charge in [0.05, 0.1) is 10.9 Å². The number of carbonyl (C=O) groups is 1. The molecule has 1 heterocycles. The van der Waals surface area contributed by atoms with Gasteiger partial charge in [-0.05, 0) is 44.9 Å². The molecule has 1 aromatic carbocycles. The Morgan fingerprint density at radius 1 is 1.38 bits per heavy atom. The third kappa shape index (κ3) is 3.53. The largest absolute Gasteiger partial charge is 0.443 e. The van der Waals surface area contributed by atoms with Crippen LogP contribution in [0.4, 0.5) is 4.79 Å². The summed E-state index contributed by atoms with van der Waals surface area (Å²) in [6, 6.07) is 5.71. The van der Waals surface area contributed by atoms with Gasteiger partial charge in [-0.3, -0.25) is 0 Å². The lowest BCUT2D eigenvalue weighted by atomic mass is 9.91. The van der Waals surface area contributed by atoms with E-state index in [0.29, 0.717) is 18.4 Å². The lowest BCUT2D eigenvalue weighted by molar-refractivity contribution is -0.0201. The fourth-order valence-corrected chi connectivity index (χ4v) is 4.22. The molecule has 2 rings (SSSR count). The molecule has 130 valence electrons. The van der Waals surface area contributed by atoms with Crippen LogP contribution in [-0.4, -0.2) is 30.5 Å². The molecule has 1 amide bonds. The van der Waals surface area contributed by atoms with Crippen LogP contribution in [0.25, 0.3) is 0 Å². The molecule has 0 spiro atoms. The van der Waals surface area contributed by atoms with Gasteiger partial charge < -0.3 is 4.74 Å². The highest BCUT2D eigenvalue weighted by Crippen LogP contribution is 2.35. The standard InChI is InChI=1S/C18H23NO4S/c1-6-7-14(3)16-12-18(4,5)23-17(20)19(16)24(21,22)15-10-8-13(2)9-11-15/h6,8-11,16H,1,3,7,12H2,2,4-5H3. The first-order chi connectivity index (χ1) is 11.1. The van der Waals surface area contributed by atoms with Crippen molar-refractivity contribution in [1.29, 1.82) is 0 Å². The minimum absolute atomic E-state index is 0.0566. The van der Waals surface area contributed by atoms with Gasteiger partial charge in [-0.15, -0.1) is 6.58 Å². The molecular formula is C18H23NO4S. The molecule has 0 N–H and O–H groups in total. The van der Waals surface area contributed by atoms with Crippen LogP contribution < -0.4 is 0 Å². The second-order valence-corrected chi connectivity index (χ2v) is 8.43. The molecule has 0 radical (unpaired) electrons. The van der Waals surface area contributed by atoms with Gasteiger partial charge >= 0.3 is 6.09 Å². The van der Waals surface area contributed by atoms with E-state index in [0.717, 1.165) is 9.87 Å². The molecule has 0 aromatic heterocycles. The predicted molar refractivity (Wildman–Crippen MR) is 93.1 cm³/mol. The zero-order chi connectivity index (χ0) is 18.1. The van der Waals surface area contributed by atoms with Gasteiger partial charge in [0.1, 0.15) is 5.60 Å². The average molecular weight is 349 g/mol. The fraction of sp³-hybridized carbons (Fsp3) is 0.389. The van der Waals surface area contributed by atoms with E-state index in [1.807, 2.05) is 6.92 Å². The Kier molecular flexibility index (Phi) is 4.90. The molecule has 0 aliphatic carbocycles. The van der Waals surface area contributed by atoms with Crippen LogP contribution in [0.5, 0.6) is 0 Å². The van der Waals surface area contributed by atoms with Gasteiger partial charge in [0.25, 0.3) is 10.0 Å². The molecule has 0 saturated carbocycles. The van der Waals surface area contributed by atoms with Crippen LogP contribution in [0.3, 0.4) is 0 Å². The minimum atomic E-state index is -4.03. The normalized spacial score (nSPS) is 20.4. The summed E-state index contributed by atoms with van der Waals surface area (Å²) < 4.78 is 32.1. The molecule has 6 heteroatoms. The van der Waals surface area contributed by atoms with Gasteiger partial charge in [-0.1, -0.05) is 30.4 Å². The van der Waals surface area contributed by atoms with Gasteiger partial charge in [-0.25, -0.2) is 13.2 Å². The SMILES string of the molecule is C=CCC(=C)C1CC(C)(C)OC(=O)N1S(=O)(=O)c1ccc(C)cc1. The maximum atomic E-state index is 13.0. The number of sulfonamides is 1. The Hall–Kier alpha value is -2.08. The summed E-state index contributed by atoms with van der Waals surface area (Å²) in [7, 11) is -4.03. The van der Waals surface area contributed by atoms with Crippen molar-refractivity contribution in [3.05, 3.63) is 54.6 Å². The Labute approximate surface area is 143 Å². The van der Waals surface area contributed by atoms with Gasteiger partial charge in [-0.2, -0.15) is 4.31 Å². The van der Waals surface area contributed by atoms with E-state index in [2.05, 4.69) is 13.2 Å². The first-order valence-corrected chi connectivity index (χ1v) is 9.15. The highest BCUT2D eigenvalue weighted by Gasteiger charge is 2.46. The number of ether oxygens (including phenoxy) is 1. The molecule has 1 atom stereocenters. The van der Waals surface area contributed by atoms with Crippen LogP contribution in [0.2, 0.25) is 0 Å². The second kappa shape index (κ2) is 6.43. The highest BCUT2D eigenvalue weighted by atomic mass is 32.2. The van der Waals surface area contributed by atoms with Crippen molar-refractivity contribution in [3.63, 3.8) is 0 Å². The lowest BCUT2D eigenvalue weighted by Crippen LogP contribution is -2.55. The Balaban J connectivity index is 2.50. The lowest BCUT2D eigenvalue weighted by Gasteiger charge is -2.42. The summed E-state index contributed by atoms with van der Waals surface area (Å²) in [4.78, 5) is 12.5. The minimum Gasteiger partial charge on any atom is -0.443 e. The number of rotatable bonds is 5. The fourth-order valence-electron chi connectivity index (χ4n) is 2.72. The first kappa shape index (κ1) is 18.3. The number of amides is 1. The number of hydrogen-bond acceptors (Lipinski definition) is 4. The molecule has 1 aliphatic heterocycles. The summed E-state index contributed by atoms with van der Waals surface area (Å²) in [5, 5.41) is 0. The van der Waals surface area contributed by atoms with Crippen molar-refractivity contribution in [2.24, 2.45) is 0 Å². The number of carbonyl (C=O) groups excluding carboxylic acids is 1. The van der Waals surface area contributed by atoms with Crippen molar-refractivity contribution in [2.45, 2.75) is 50.2 Å². The molecule has 5 nitrogen and oxygen atoms in total. The number of nitrogens with zero attached hydrogens (tertiary/aromatic N) is 1. The molecule has 1 saturated heterocycles. The number of benzene rings is 1. The number of aryl methyl sites for hydroxylation is 1. The molecule has 1 unspecified atom stereocenters. The third-order valence-corrected chi connectivity index (χ3v) is 5.76. The van der Waals surface area contributed by atoms with Crippen molar-refractivity contribution in [1.82, 2.24) is 4.31 Å². The Morgan fingerprint density at radius 3 is 2.50 bits per heavy atom. The van der Waals surface area contributed by atoms with E-state index >= 15 is 0 Å². The van der Waals surface area contributed by atoms with Crippen molar-refractivity contribution >= 4 is 16.1 Å². The molecular weight excluding hydrogens is 326 g/mol. The summed E-state index contributed by atoms with van der Waals surface area (Å²) in [6.45, 7) is 13.0. The Bertz CT molecular complexity index is 763. The van der Waals surface area contributed by atoms with E-state index in [-0.39, 0.29) is 4.90 Å². The predicted octanol–water partition coefficient (Wildman–Crippen LogP) is 3.81. The quantitative estimate of drug-likeness (QED) is 0.758. The van der Waals surface area contributed by atoms with Crippen LogP contribution in [0, 0.1) is 6.92 Å². The summed E-state index contributed by atoms with van der Waals surface area (Å²) in [6.07, 6.45) is 1.54. The van der Waals surface area contributed by atoms with Crippen LogP contribution >= 0.6 is 0 Å². The summed E-state index contributed by atoms with van der Waals surface area (Å²) in [5.74, 6) is 0. The maximum Gasteiger partial charge on any atom is 0.424 e. The van der Waals surface area contributed by atoms with Crippen LogP contribution in [0.1, 0.15) is 32.3 Å². The number of hydrogen-bond donors (Lipinski definition) is 0. The molecule has 24 heavy (non-hydrogen) atoms. The van der Waals surface area contributed by atoms with Crippen LogP contribution in [0.15, 0.2) is 54.0 Å². The van der Waals surface area contributed by atoms with E-state index in [4.69, 9.17) is 4.74 Å². The highest BCUT2D eigenvalue weighted by molar-refractivity contribution is 7.89. The second-order valence-electron chi connectivity index (χ2n) is 6.61. The number of cyclic esters (lactones) is 1. The summed E-state index contributed by atoms with van der Waals surface area (Å²) in [5.41, 5.74) is 0.792. The Morgan fingerprint density at radius 2 is 1.96 bits per heavy atom. The summed E-state index contributed by atoms with van der Waals surface area (Å²) >= 11 is 0. The van der Waals surface area contributed by atoms with Crippen molar-refractivity contribution in [2.75, 3.05) is 0 Å². The topological polar surface area (TPSA) is 63.7 Å². The van der Waals surface area contributed by atoms with E-state index in [9.17, 15) is 13.2 Å². The maximum absolute atomic E-state index is 13.0. The molecule has 1 fully saturated rings. The molecule has 1 aliphatic rings. The average Bonchev–Trinajstić information content (AvgIpc) is 2.45. The van der Waals surface area contributed by atoms with Gasteiger partial charge in [0, 0.05) is 6.42 Å². The zero-order valence-corrected chi connectivity index (χ0v) is 15.1. The third-order valence-electron chi connectivity index (χ3n) is 3.97. The van der Waals surface area contributed by atoms with E-state index in [1.165, 1.54) is 12.1 Å². The zero-order valence-electron chi connectivity index (χ0n) is 14.3. The van der Waals surface area contributed by atoms with Crippen molar-refractivity contribution in [3.8, 4) is 0 Å². The first-order valence-electron chi connectivity index (χ1n) is 7.71. The monoisotopic (exact) mass is 349 g/mol. The molecule has 1 aromatic rings. The van der Waals surface area contributed by atoms with Gasteiger partial charge in [0.2, 0.25) is 0 Å². The van der Waals surface area contributed by atoms with E-state index < -0.39 is 27.8 Å². The molecule has 0 bridgehead atoms. The van der Waals surface area contributed by atoms with Crippen LogP contribution in [-0.2, 0) is 14.8 Å². The number of allylic oxidation sites excluding steroid dienone is 1. The van der Waals surface area contributed by atoms with Gasteiger partial charge in [0.15, 0.2) is 0 Å². The van der Waals surface area contributed by atoms with Crippen molar-refractivity contribution < 1.29 is 17.9 Å². The smallest absolute Gasteiger partial charge is 0.424 e.